The average molecular weight is 678 g/mol. The molecule has 0 radical (unpaired) electrons. The lowest BCUT2D eigenvalue weighted by atomic mass is 10.0. The lowest BCUT2D eigenvalue weighted by Gasteiger charge is -2.26. The Morgan fingerprint density at radius 1 is 0.706 bits per heavy atom. The van der Waals surface area contributed by atoms with E-state index in [2.05, 4.69) is 70.1 Å². The maximum absolute atomic E-state index is 11.4. The van der Waals surface area contributed by atoms with Gasteiger partial charge in [-0.1, -0.05) is 109 Å². The SMILES string of the molecule is COc1ccc(Nc2ccc(CCN(Cc3ccccc3)CC(O)c3ccc(OCc4ccccc4)c(NC=O)c3)cc2)cc1-c1ccccc1. The molecule has 1 unspecified atom stereocenters. The number of aliphatic hydroxyl groups excluding tert-OH is 1. The van der Waals surface area contributed by atoms with Crippen LogP contribution in [0.3, 0.4) is 0 Å². The Morgan fingerprint density at radius 2 is 1.35 bits per heavy atom. The summed E-state index contributed by atoms with van der Waals surface area (Å²) in [5.74, 6) is 1.37. The average Bonchev–Trinajstić information content (AvgIpc) is 3.18. The van der Waals surface area contributed by atoms with E-state index >= 15 is 0 Å². The van der Waals surface area contributed by atoms with Gasteiger partial charge >= 0.3 is 0 Å². The second-order valence-corrected chi connectivity index (χ2v) is 12.4. The van der Waals surface area contributed by atoms with Gasteiger partial charge in [0.15, 0.2) is 0 Å². The fourth-order valence-electron chi connectivity index (χ4n) is 6.06. The number of hydrogen-bond donors (Lipinski definition) is 3. The summed E-state index contributed by atoms with van der Waals surface area (Å²) >= 11 is 0. The number of benzene rings is 6. The molecule has 7 nitrogen and oxygen atoms in total. The number of ether oxygens (including phenoxy) is 2. The predicted octanol–water partition coefficient (Wildman–Crippen LogP) is 9.03. The Hall–Kier alpha value is -5.89. The molecule has 0 saturated heterocycles. The molecule has 7 heteroatoms. The predicted molar refractivity (Wildman–Crippen MR) is 205 cm³/mol. The minimum absolute atomic E-state index is 0.370. The van der Waals surface area contributed by atoms with Gasteiger partial charge in [-0.15, -0.1) is 0 Å². The summed E-state index contributed by atoms with van der Waals surface area (Å²) in [6, 6.07) is 50.4. The van der Waals surface area contributed by atoms with E-state index in [0.717, 1.165) is 46.8 Å². The van der Waals surface area contributed by atoms with Crippen LogP contribution in [0, 0.1) is 0 Å². The van der Waals surface area contributed by atoms with E-state index in [1.165, 1.54) is 11.1 Å². The minimum atomic E-state index is -0.777. The van der Waals surface area contributed by atoms with Crippen molar-refractivity contribution in [3.63, 3.8) is 0 Å². The molecule has 3 N–H and O–H groups in total. The summed E-state index contributed by atoms with van der Waals surface area (Å²) in [4.78, 5) is 13.7. The highest BCUT2D eigenvalue weighted by molar-refractivity contribution is 5.77. The van der Waals surface area contributed by atoms with Crippen LogP contribution in [0.15, 0.2) is 152 Å². The van der Waals surface area contributed by atoms with Gasteiger partial charge in [0, 0.05) is 36.6 Å². The quantitative estimate of drug-likeness (QED) is 0.0836. The van der Waals surface area contributed by atoms with E-state index in [0.29, 0.717) is 43.1 Å². The minimum Gasteiger partial charge on any atom is -0.496 e. The number of carbonyl (C=O) groups is 1. The van der Waals surface area contributed by atoms with Gasteiger partial charge in [-0.05, 0) is 76.7 Å². The van der Waals surface area contributed by atoms with Crippen LogP contribution < -0.4 is 20.1 Å². The lowest BCUT2D eigenvalue weighted by Crippen LogP contribution is -2.30. The van der Waals surface area contributed by atoms with Crippen LogP contribution in [0.25, 0.3) is 11.1 Å². The third kappa shape index (κ3) is 9.85. The van der Waals surface area contributed by atoms with E-state index in [4.69, 9.17) is 9.47 Å². The van der Waals surface area contributed by atoms with Gasteiger partial charge in [0.25, 0.3) is 0 Å². The molecule has 6 aromatic rings. The van der Waals surface area contributed by atoms with Crippen LogP contribution >= 0.6 is 0 Å². The second kappa shape index (κ2) is 17.7. The van der Waals surface area contributed by atoms with Gasteiger partial charge in [-0.25, -0.2) is 0 Å². The first-order valence-corrected chi connectivity index (χ1v) is 17.1. The number of methoxy groups -OCH3 is 1. The molecule has 0 fully saturated rings. The summed E-state index contributed by atoms with van der Waals surface area (Å²) in [5.41, 5.74) is 8.72. The van der Waals surface area contributed by atoms with E-state index in [-0.39, 0.29) is 0 Å². The van der Waals surface area contributed by atoms with Crippen molar-refractivity contribution in [2.45, 2.75) is 25.7 Å². The van der Waals surface area contributed by atoms with Crippen molar-refractivity contribution in [3.05, 3.63) is 174 Å². The fourth-order valence-corrected chi connectivity index (χ4v) is 6.06. The Bertz CT molecular complexity index is 1970. The Labute approximate surface area is 300 Å². The molecule has 258 valence electrons. The smallest absolute Gasteiger partial charge is 0.211 e. The van der Waals surface area contributed by atoms with Gasteiger partial charge < -0.3 is 25.2 Å². The molecule has 1 amide bonds. The largest absolute Gasteiger partial charge is 0.496 e. The van der Waals surface area contributed by atoms with Gasteiger partial charge in [0.1, 0.15) is 18.1 Å². The van der Waals surface area contributed by atoms with Crippen LogP contribution in [0.1, 0.15) is 28.4 Å². The summed E-state index contributed by atoms with van der Waals surface area (Å²) in [6.45, 7) is 2.22. The second-order valence-electron chi connectivity index (χ2n) is 12.4. The van der Waals surface area contributed by atoms with Crippen molar-refractivity contribution in [1.82, 2.24) is 4.90 Å². The Kier molecular flexibility index (Phi) is 12.1. The van der Waals surface area contributed by atoms with Crippen molar-refractivity contribution in [2.24, 2.45) is 0 Å². The van der Waals surface area contributed by atoms with Crippen LogP contribution in [0.5, 0.6) is 11.5 Å². The molecule has 1 atom stereocenters. The van der Waals surface area contributed by atoms with E-state index in [1.54, 1.807) is 19.2 Å². The molecule has 0 saturated carbocycles. The summed E-state index contributed by atoms with van der Waals surface area (Å²) in [6.07, 6.45) is 0.661. The van der Waals surface area contributed by atoms with Crippen molar-refractivity contribution in [1.29, 1.82) is 0 Å². The molecule has 0 aliphatic heterocycles. The number of hydrogen-bond acceptors (Lipinski definition) is 6. The van der Waals surface area contributed by atoms with Crippen LogP contribution in [0.4, 0.5) is 17.1 Å². The molecule has 0 aliphatic carbocycles. The van der Waals surface area contributed by atoms with Crippen molar-refractivity contribution in [3.8, 4) is 22.6 Å². The Balaban J connectivity index is 1.11. The summed E-state index contributed by atoms with van der Waals surface area (Å²) in [5, 5.41) is 17.7. The number of rotatable bonds is 17. The zero-order valence-corrected chi connectivity index (χ0v) is 28.7. The first-order chi connectivity index (χ1) is 25.1. The zero-order valence-electron chi connectivity index (χ0n) is 28.7. The first kappa shape index (κ1) is 35.0. The standard InChI is InChI=1S/C44H43N3O4/c1-50-43-24-22-39(28-40(43)36-15-9-4-10-16-36)46-38-20-17-33(18-21-38)25-26-47(29-34-11-5-2-6-12-34)30-42(49)37-19-23-44(41(27-37)45-32-48)51-31-35-13-7-3-8-14-35/h2-24,27-28,32,42,46,49H,25-26,29-31H2,1H3,(H,45,48). The fraction of sp³-hybridized carbons (Fsp3) is 0.159. The third-order valence-corrected chi connectivity index (χ3v) is 8.76. The molecule has 0 aromatic heterocycles. The van der Waals surface area contributed by atoms with Gasteiger partial charge in [-0.3, -0.25) is 9.69 Å². The van der Waals surface area contributed by atoms with E-state index < -0.39 is 6.10 Å². The highest BCUT2D eigenvalue weighted by Crippen LogP contribution is 2.34. The van der Waals surface area contributed by atoms with E-state index in [9.17, 15) is 9.90 Å². The molecule has 0 heterocycles. The summed E-state index contributed by atoms with van der Waals surface area (Å²) in [7, 11) is 1.69. The molecule has 6 rings (SSSR count). The molecule has 51 heavy (non-hydrogen) atoms. The Morgan fingerprint density at radius 3 is 2.04 bits per heavy atom. The van der Waals surface area contributed by atoms with Gasteiger partial charge in [-0.2, -0.15) is 0 Å². The highest BCUT2D eigenvalue weighted by atomic mass is 16.5. The molecular formula is C44H43N3O4. The van der Waals surface area contributed by atoms with E-state index in [1.807, 2.05) is 84.9 Å². The third-order valence-electron chi connectivity index (χ3n) is 8.76. The number of anilines is 3. The van der Waals surface area contributed by atoms with Crippen LogP contribution in [-0.4, -0.2) is 36.6 Å². The number of aliphatic hydroxyl groups is 1. The van der Waals surface area contributed by atoms with Crippen molar-refractivity contribution >= 4 is 23.5 Å². The number of amides is 1. The number of carbonyl (C=O) groups excluding carboxylic acids is 1. The normalized spacial score (nSPS) is 11.5. The topological polar surface area (TPSA) is 83.1 Å². The van der Waals surface area contributed by atoms with Crippen LogP contribution in [0.2, 0.25) is 0 Å². The van der Waals surface area contributed by atoms with Gasteiger partial charge in [0.05, 0.1) is 18.9 Å². The molecule has 0 spiro atoms. The molecule has 6 aromatic carbocycles. The monoisotopic (exact) mass is 677 g/mol. The number of nitrogens with zero attached hydrogens (tertiary/aromatic N) is 1. The first-order valence-electron chi connectivity index (χ1n) is 17.1. The lowest BCUT2D eigenvalue weighted by molar-refractivity contribution is -0.105. The maximum atomic E-state index is 11.4. The molecule has 0 aliphatic rings. The zero-order chi connectivity index (χ0) is 35.3. The summed E-state index contributed by atoms with van der Waals surface area (Å²) < 4.78 is 11.6. The van der Waals surface area contributed by atoms with Crippen molar-refractivity contribution < 1.29 is 19.4 Å². The molecule has 0 bridgehead atoms. The number of nitrogens with one attached hydrogen (secondary N) is 2. The highest BCUT2D eigenvalue weighted by Gasteiger charge is 2.17. The molecular weight excluding hydrogens is 635 g/mol. The van der Waals surface area contributed by atoms with Gasteiger partial charge in [0.2, 0.25) is 6.41 Å². The van der Waals surface area contributed by atoms with Crippen LogP contribution in [-0.2, 0) is 24.4 Å². The van der Waals surface area contributed by atoms with Crippen molar-refractivity contribution in [2.75, 3.05) is 30.8 Å². The maximum Gasteiger partial charge on any atom is 0.211 e.